The molecule has 0 spiro atoms. The van der Waals surface area contributed by atoms with Crippen LogP contribution < -0.4 is 5.32 Å². The van der Waals surface area contributed by atoms with Crippen molar-refractivity contribution in [2.45, 2.75) is 29.7 Å². The summed E-state index contributed by atoms with van der Waals surface area (Å²) < 4.78 is 13.3. The highest BCUT2D eigenvalue weighted by Crippen LogP contribution is 2.32. The number of halogens is 1. The minimum absolute atomic E-state index is 0.223. The molecule has 98 valence electrons. The number of aliphatic carboxylic acids is 1. The molecule has 1 aliphatic rings. The summed E-state index contributed by atoms with van der Waals surface area (Å²) in [5.41, 5.74) is -0.726. The number of carbonyl (C=O) groups is 1. The molecule has 2 rings (SSSR count). The molecule has 0 heterocycles. The highest BCUT2D eigenvalue weighted by Gasteiger charge is 2.43. The molecule has 18 heavy (non-hydrogen) atoms. The molecular weight excluding hydrogens is 253 g/mol. The Morgan fingerprint density at radius 2 is 2.17 bits per heavy atom. The largest absolute Gasteiger partial charge is 0.480 e. The fourth-order valence-electron chi connectivity index (χ4n) is 2.01. The highest BCUT2D eigenvalue weighted by atomic mass is 32.2. The number of carboxylic acids is 1. The maximum Gasteiger partial charge on any atom is 0.323 e. The number of thioether (sulfide) groups is 1. The van der Waals surface area contributed by atoms with Crippen molar-refractivity contribution in [2.24, 2.45) is 0 Å². The Morgan fingerprint density at radius 1 is 1.44 bits per heavy atom. The summed E-state index contributed by atoms with van der Waals surface area (Å²) in [6.07, 6.45) is 2.33. The van der Waals surface area contributed by atoms with Crippen molar-refractivity contribution in [2.75, 3.05) is 12.3 Å². The van der Waals surface area contributed by atoms with Crippen LogP contribution in [-0.4, -0.2) is 28.9 Å². The summed E-state index contributed by atoms with van der Waals surface area (Å²) in [5.74, 6) is -0.334. The molecule has 0 amide bonds. The van der Waals surface area contributed by atoms with Crippen LogP contribution in [0, 0.1) is 5.82 Å². The van der Waals surface area contributed by atoms with Crippen LogP contribution in [-0.2, 0) is 4.79 Å². The summed E-state index contributed by atoms with van der Waals surface area (Å²) in [7, 11) is 0. The van der Waals surface area contributed by atoms with E-state index in [2.05, 4.69) is 5.32 Å². The van der Waals surface area contributed by atoms with Gasteiger partial charge in [0.1, 0.15) is 11.4 Å². The average Bonchev–Trinajstić information content (AvgIpc) is 2.28. The normalized spacial score (nSPS) is 17.2. The second kappa shape index (κ2) is 5.71. The van der Waals surface area contributed by atoms with Gasteiger partial charge in [-0.1, -0.05) is 12.1 Å². The van der Waals surface area contributed by atoms with Gasteiger partial charge in [0.05, 0.1) is 0 Å². The van der Waals surface area contributed by atoms with Gasteiger partial charge in [-0.05, 0) is 31.4 Å². The second-order valence-electron chi connectivity index (χ2n) is 4.45. The van der Waals surface area contributed by atoms with E-state index in [9.17, 15) is 9.18 Å². The van der Waals surface area contributed by atoms with Crippen LogP contribution in [0.4, 0.5) is 4.39 Å². The smallest absolute Gasteiger partial charge is 0.323 e. The lowest BCUT2D eigenvalue weighted by atomic mass is 9.77. The standard InChI is InChI=1S/C13H16FNO2S/c14-10-4-1-2-5-11(10)18-9-8-15-13(12(16)17)6-3-7-13/h1-2,4-5,15H,3,6-9H2,(H,16,17). The third-order valence-corrected chi connectivity index (χ3v) is 4.33. The van der Waals surface area contributed by atoms with Crippen molar-refractivity contribution in [1.82, 2.24) is 5.32 Å². The van der Waals surface area contributed by atoms with Crippen LogP contribution in [0.5, 0.6) is 0 Å². The Morgan fingerprint density at radius 3 is 2.72 bits per heavy atom. The molecule has 5 heteroatoms. The third-order valence-electron chi connectivity index (χ3n) is 3.28. The van der Waals surface area contributed by atoms with Gasteiger partial charge in [0, 0.05) is 17.2 Å². The number of carboxylic acid groups (broad SMARTS) is 1. The monoisotopic (exact) mass is 269 g/mol. The van der Waals surface area contributed by atoms with E-state index in [0.29, 0.717) is 30.0 Å². The summed E-state index contributed by atoms with van der Waals surface area (Å²) in [6, 6.07) is 6.62. The number of benzene rings is 1. The van der Waals surface area contributed by atoms with Crippen molar-refractivity contribution < 1.29 is 14.3 Å². The molecule has 3 nitrogen and oxygen atoms in total. The van der Waals surface area contributed by atoms with Crippen molar-refractivity contribution in [3.63, 3.8) is 0 Å². The SMILES string of the molecule is O=C(O)C1(NCCSc2ccccc2F)CCC1. The lowest BCUT2D eigenvalue weighted by molar-refractivity contribution is -0.148. The van der Waals surface area contributed by atoms with E-state index in [1.54, 1.807) is 18.2 Å². The highest BCUT2D eigenvalue weighted by molar-refractivity contribution is 7.99. The second-order valence-corrected chi connectivity index (χ2v) is 5.58. The molecule has 0 aliphatic heterocycles. The topological polar surface area (TPSA) is 49.3 Å². The fourth-order valence-corrected chi connectivity index (χ4v) is 2.81. The van der Waals surface area contributed by atoms with Gasteiger partial charge in [-0.25, -0.2) is 4.39 Å². The first-order valence-electron chi connectivity index (χ1n) is 6.00. The Balaban J connectivity index is 1.76. The Hall–Kier alpha value is -1.07. The molecular formula is C13H16FNO2S. The minimum Gasteiger partial charge on any atom is -0.480 e. The molecule has 0 unspecified atom stereocenters. The van der Waals surface area contributed by atoms with E-state index in [1.807, 2.05) is 0 Å². The molecule has 1 aromatic carbocycles. The van der Waals surface area contributed by atoms with Crippen molar-refractivity contribution in [3.05, 3.63) is 30.1 Å². The van der Waals surface area contributed by atoms with Crippen LogP contribution in [0.25, 0.3) is 0 Å². The van der Waals surface area contributed by atoms with Crippen LogP contribution in [0.15, 0.2) is 29.2 Å². The molecule has 1 aromatic rings. The molecule has 0 radical (unpaired) electrons. The molecule has 0 atom stereocenters. The number of nitrogens with one attached hydrogen (secondary N) is 1. The predicted molar refractivity (Wildman–Crippen MR) is 69.3 cm³/mol. The molecule has 1 aliphatic carbocycles. The van der Waals surface area contributed by atoms with E-state index in [1.165, 1.54) is 17.8 Å². The summed E-state index contributed by atoms with van der Waals surface area (Å²) >= 11 is 1.40. The zero-order chi connectivity index (χ0) is 13.0. The Kier molecular flexibility index (Phi) is 4.24. The first-order chi connectivity index (χ1) is 8.64. The van der Waals surface area contributed by atoms with Gasteiger partial charge in [-0.2, -0.15) is 0 Å². The lowest BCUT2D eigenvalue weighted by Gasteiger charge is -2.38. The Bertz CT molecular complexity index is 435. The van der Waals surface area contributed by atoms with E-state index in [0.717, 1.165) is 6.42 Å². The number of rotatable bonds is 6. The van der Waals surface area contributed by atoms with E-state index in [4.69, 9.17) is 5.11 Å². The van der Waals surface area contributed by atoms with Gasteiger partial charge in [-0.15, -0.1) is 11.8 Å². The summed E-state index contributed by atoms with van der Waals surface area (Å²) in [5, 5.41) is 12.2. The third kappa shape index (κ3) is 2.84. The number of hydrogen-bond acceptors (Lipinski definition) is 3. The first kappa shape index (κ1) is 13.4. The fraction of sp³-hybridized carbons (Fsp3) is 0.462. The van der Waals surface area contributed by atoms with Gasteiger partial charge in [-0.3, -0.25) is 4.79 Å². The van der Waals surface area contributed by atoms with Gasteiger partial charge in [0.25, 0.3) is 0 Å². The molecule has 2 N–H and O–H groups in total. The van der Waals surface area contributed by atoms with Crippen LogP contribution in [0.2, 0.25) is 0 Å². The van der Waals surface area contributed by atoms with Crippen LogP contribution >= 0.6 is 11.8 Å². The van der Waals surface area contributed by atoms with E-state index in [-0.39, 0.29) is 5.82 Å². The molecule has 0 bridgehead atoms. The zero-order valence-electron chi connectivity index (χ0n) is 9.99. The molecule has 0 saturated heterocycles. The van der Waals surface area contributed by atoms with E-state index >= 15 is 0 Å². The van der Waals surface area contributed by atoms with Gasteiger partial charge >= 0.3 is 5.97 Å². The lowest BCUT2D eigenvalue weighted by Crippen LogP contribution is -2.57. The van der Waals surface area contributed by atoms with Gasteiger partial charge < -0.3 is 10.4 Å². The predicted octanol–water partition coefficient (Wildman–Crippen LogP) is 2.51. The van der Waals surface area contributed by atoms with E-state index < -0.39 is 11.5 Å². The van der Waals surface area contributed by atoms with Crippen molar-refractivity contribution in [1.29, 1.82) is 0 Å². The van der Waals surface area contributed by atoms with Crippen LogP contribution in [0.3, 0.4) is 0 Å². The Labute approximate surface area is 110 Å². The average molecular weight is 269 g/mol. The van der Waals surface area contributed by atoms with Crippen molar-refractivity contribution in [3.8, 4) is 0 Å². The minimum atomic E-state index is -0.773. The van der Waals surface area contributed by atoms with Gasteiger partial charge in [0.2, 0.25) is 0 Å². The molecule has 1 saturated carbocycles. The molecule has 0 aromatic heterocycles. The maximum atomic E-state index is 13.3. The zero-order valence-corrected chi connectivity index (χ0v) is 10.8. The quantitative estimate of drug-likeness (QED) is 0.615. The van der Waals surface area contributed by atoms with Crippen LogP contribution in [0.1, 0.15) is 19.3 Å². The number of hydrogen-bond donors (Lipinski definition) is 2. The maximum absolute atomic E-state index is 13.3. The summed E-state index contributed by atoms with van der Waals surface area (Å²) in [6.45, 7) is 0.575. The van der Waals surface area contributed by atoms with Crippen molar-refractivity contribution >= 4 is 17.7 Å². The summed E-state index contributed by atoms with van der Waals surface area (Å²) in [4.78, 5) is 11.7. The first-order valence-corrected chi connectivity index (χ1v) is 6.98. The van der Waals surface area contributed by atoms with Gasteiger partial charge in [0.15, 0.2) is 0 Å². The molecule has 1 fully saturated rings.